The molecule has 0 saturated carbocycles. The number of anilines is 3. The molecule has 1 aliphatic rings. The first-order valence-corrected chi connectivity index (χ1v) is 10.2. The molecule has 4 heterocycles. The Balaban J connectivity index is 1.89. The molecule has 31 heavy (non-hydrogen) atoms. The average Bonchev–Trinajstić information content (AvgIpc) is 3.05. The summed E-state index contributed by atoms with van der Waals surface area (Å²) >= 11 is 0. The quantitative estimate of drug-likeness (QED) is 0.510. The maximum atomic E-state index is 8.13. The molecule has 0 unspecified atom stereocenters. The largest absolute Gasteiger partial charge is 0.471 e. The van der Waals surface area contributed by atoms with Gasteiger partial charge in [-0.1, -0.05) is 13.8 Å². The van der Waals surface area contributed by atoms with Crippen molar-refractivity contribution in [2.45, 2.75) is 40.2 Å². The van der Waals surface area contributed by atoms with Gasteiger partial charge in [0.05, 0.1) is 6.20 Å². The summed E-state index contributed by atoms with van der Waals surface area (Å²) in [6.07, 6.45) is 5.12. The molecule has 0 atom stereocenters. The maximum absolute atomic E-state index is 8.13. The molecular weight excluding hydrogens is 392 g/mol. The van der Waals surface area contributed by atoms with E-state index < -0.39 is 5.60 Å². The van der Waals surface area contributed by atoms with Crippen LogP contribution in [0.5, 0.6) is 5.88 Å². The summed E-state index contributed by atoms with van der Waals surface area (Å²) in [7, 11) is 1.85. The Hall–Kier alpha value is -3.49. The smallest absolute Gasteiger partial charge is 0.223 e. The lowest BCUT2D eigenvalue weighted by atomic mass is 9.76. The third-order valence-corrected chi connectivity index (χ3v) is 6.05. The van der Waals surface area contributed by atoms with E-state index in [1.54, 1.807) is 36.3 Å². The van der Waals surface area contributed by atoms with Gasteiger partial charge in [-0.2, -0.15) is 5.10 Å². The van der Waals surface area contributed by atoms with Crippen molar-refractivity contribution < 1.29 is 4.74 Å². The topological polar surface area (TPSA) is 114 Å². The predicted molar refractivity (Wildman–Crippen MR) is 121 cm³/mol. The molecule has 4 rings (SSSR count). The number of hydrogen-bond acceptors (Lipinski definition) is 8. The summed E-state index contributed by atoms with van der Waals surface area (Å²) in [4.78, 5) is 13.6. The van der Waals surface area contributed by atoms with E-state index >= 15 is 0 Å². The standard InChI is InChI=1S/C22H28N8O/c1-13(23)14-10-25-18-9-16(14)26-12-21(2,3)22(4,5)31-20-15(11-27-30(20)6)19-24-8-7-17(28-18)29-19/h7-11,23,26H,12H2,1-6H3,(H,24,25,28,29). The van der Waals surface area contributed by atoms with Crippen molar-refractivity contribution in [3.8, 4) is 17.3 Å². The average molecular weight is 421 g/mol. The molecule has 9 heteroatoms. The molecular formula is C22H28N8O. The van der Waals surface area contributed by atoms with Gasteiger partial charge in [-0.05, 0) is 26.8 Å². The molecule has 0 amide bonds. The van der Waals surface area contributed by atoms with Crippen LogP contribution in [-0.4, -0.2) is 42.6 Å². The number of nitrogens with one attached hydrogen (secondary N) is 3. The minimum Gasteiger partial charge on any atom is -0.471 e. The molecule has 0 aromatic carbocycles. The monoisotopic (exact) mass is 420 g/mol. The van der Waals surface area contributed by atoms with Crippen LogP contribution >= 0.6 is 0 Å². The van der Waals surface area contributed by atoms with E-state index in [4.69, 9.17) is 10.1 Å². The molecule has 0 saturated heterocycles. The molecule has 1 aliphatic heterocycles. The lowest BCUT2D eigenvalue weighted by molar-refractivity contribution is -0.00893. The summed E-state index contributed by atoms with van der Waals surface area (Å²) in [6, 6.07) is 3.68. The van der Waals surface area contributed by atoms with Crippen molar-refractivity contribution in [2.75, 3.05) is 17.2 Å². The van der Waals surface area contributed by atoms with Crippen molar-refractivity contribution >= 4 is 23.0 Å². The first-order chi connectivity index (χ1) is 14.6. The van der Waals surface area contributed by atoms with Crippen LogP contribution in [0.3, 0.4) is 0 Å². The first kappa shape index (κ1) is 20.8. The Morgan fingerprint density at radius 1 is 1.16 bits per heavy atom. The molecule has 3 aromatic heterocycles. The van der Waals surface area contributed by atoms with Gasteiger partial charge in [0.1, 0.15) is 22.8 Å². The van der Waals surface area contributed by atoms with E-state index in [9.17, 15) is 0 Å². The van der Waals surface area contributed by atoms with Crippen molar-refractivity contribution in [3.05, 3.63) is 36.3 Å². The predicted octanol–water partition coefficient (Wildman–Crippen LogP) is 4.01. The fourth-order valence-electron chi connectivity index (χ4n) is 3.27. The van der Waals surface area contributed by atoms with Crippen LogP contribution in [-0.2, 0) is 7.05 Å². The Morgan fingerprint density at radius 2 is 1.94 bits per heavy atom. The van der Waals surface area contributed by atoms with E-state index in [2.05, 4.69) is 58.4 Å². The zero-order chi connectivity index (χ0) is 22.4. The fraction of sp³-hybridized carbons (Fsp3) is 0.409. The molecule has 0 aliphatic carbocycles. The Labute approximate surface area is 181 Å². The van der Waals surface area contributed by atoms with Gasteiger partial charge in [0.15, 0.2) is 5.82 Å². The first-order valence-electron chi connectivity index (χ1n) is 10.2. The number of hydrogen-bond donors (Lipinski definition) is 3. The van der Waals surface area contributed by atoms with Crippen LogP contribution in [0.2, 0.25) is 0 Å². The SMILES string of the molecule is CC(=N)c1cnc2cc1NCC(C)(C)C(C)(C)Oc1c(cnn1C)-c1nccc(n1)N2. The third kappa shape index (κ3) is 3.83. The lowest BCUT2D eigenvalue weighted by Gasteiger charge is -2.42. The number of fused-ring (bicyclic) bond motifs is 6. The van der Waals surface area contributed by atoms with E-state index in [0.717, 1.165) is 16.8 Å². The van der Waals surface area contributed by atoms with Gasteiger partial charge in [-0.25, -0.2) is 19.6 Å². The number of ether oxygens (including phenoxy) is 1. The number of pyridine rings is 1. The van der Waals surface area contributed by atoms with Crippen LogP contribution in [0.15, 0.2) is 30.7 Å². The highest BCUT2D eigenvalue weighted by Crippen LogP contribution is 2.39. The van der Waals surface area contributed by atoms with Crippen molar-refractivity contribution in [1.82, 2.24) is 24.7 Å². The van der Waals surface area contributed by atoms with Crippen LogP contribution in [0.1, 0.15) is 40.2 Å². The Bertz CT molecular complexity index is 1150. The van der Waals surface area contributed by atoms with Gasteiger partial charge < -0.3 is 20.8 Å². The number of aromatic nitrogens is 5. The number of aryl methyl sites for hydroxylation is 1. The van der Waals surface area contributed by atoms with Crippen molar-refractivity contribution in [2.24, 2.45) is 12.5 Å². The molecule has 0 fully saturated rings. The summed E-state index contributed by atoms with van der Waals surface area (Å²) in [6.45, 7) is 10.8. The van der Waals surface area contributed by atoms with E-state index in [1.807, 2.05) is 13.1 Å². The van der Waals surface area contributed by atoms with Crippen LogP contribution in [0, 0.1) is 10.8 Å². The van der Waals surface area contributed by atoms with Gasteiger partial charge in [0, 0.05) is 54.4 Å². The van der Waals surface area contributed by atoms with Crippen molar-refractivity contribution in [3.63, 3.8) is 0 Å². The third-order valence-electron chi connectivity index (χ3n) is 6.05. The second kappa shape index (κ2) is 7.33. The Kier molecular flexibility index (Phi) is 4.91. The van der Waals surface area contributed by atoms with Gasteiger partial charge in [0.2, 0.25) is 5.88 Å². The van der Waals surface area contributed by atoms with Crippen LogP contribution < -0.4 is 15.4 Å². The lowest BCUT2D eigenvalue weighted by Crippen LogP contribution is -2.48. The van der Waals surface area contributed by atoms with Gasteiger partial charge in [0.25, 0.3) is 0 Å². The molecule has 0 radical (unpaired) electrons. The number of nitrogens with zero attached hydrogens (tertiary/aromatic N) is 5. The summed E-state index contributed by atoms with van der Waals surface area (Å²) < 4.78 is 8.25. The van der Waals surface area contributed by atoms with Crippen LogP contribution in [0.4, 0.5) is 17.3 Å². The highest BCUT2D eigenvalue weighted by atomic mass is 16.5. The van der Waals surface area contributed by atoms with Gasteiger partial charge in [-0.15, -0.1) is 0 Å². The molecule has 9 nitrogen and oxygen atoms in total. The van der Waals surface area contributed by atoms with E-state index in [0.29, 0.717) is 35.6 Å². The molecule has 0 spiro atoms. The second-order valence-electron chi connectivity index (χ2n) is 8.97. The normalized spacial score (nSPS) is 16.7. The second-order valence-corrected chi connectivity index (χ2v) is 8.97. The summed E-state index contributed by atoms with van der Waals surface area (Å²) in [5.41, 5.74) is 1.91. The van der Waals surface area contributed by atoms with Gasteiger partial charge >= 0.3 is 0 Å². The Morgan fingerprint density at radius 3 is 2.68 bits per heavy atom. The van der Waals surface area contributed by atoms with E-state index in [-0.39, 0.29) is 5.41 Å². The fourth-order valence-corrected chi connectivity index (χ4v) is 3.27. The van der Waals surface area contributed by atoms with E-state index in [1.165, 1.54) is 0 Å². The molecule has 4 bridgehead atoms. The van der Waals surface area contributed by atoms with Gasteiger partial charge in [-0.3, -0.25) is 0 Å². The minimum atomic E-state index is -0.557. The molecule has 3 aromatic rings. The molecule has 162 valence electrons. The zero-order valence-corrected chi connectivity index (χ0v) is 18.7. The zero-order valence-electron chi connectivity index (χ0n) is 18.7. The van der Waals surface area contributed by atoms with Crippen molar-refractivity contribution in [1.29, 1.82) is 5.41 Å². The van der Waals surface area contributed by atoms with Crippen LogP contribution in [0.25, 0.3) is 11.4 Å². The highest BCUT2D eigenvalue weighted by molar-refractivity contribution is 6.01. The summed E-state index contributed by atoms with van der Waals surface area (Å²) in [5, 5.41) is 19.3. The molecule has 3 N–H and O–H groups in total. The number of rotatable bonds is 1. The highest BCUT2D eigenvalue weighted by Gasteiger charge is 2.40. The minimum absolute atomic E-state index is 0.286. The summed E-state index contributed by atoms with van der Waals surface area (Å²) in [5.74, 6) is 2.37. The maximum Gasteiger partial charge on any atom is 0.223 e.